The Morgan fingerprint density at radius 1 is 0.422 bits per heavy atom. The van der Waals surface area contributed by atoms with Gasteiger partial charge in [-0.1, -0.05) is 231 Å². The molecule has 1 fully saturated rings. The highest BCUT2D eigenvalue weighted by molar-refractivity contribution is 5.90. The van der Waals surface area contributed by atoms with Gasteiger partial charge in [0.1, 0.15) is 0 Å². The van der Waals surface area contributed by atoms with Crippen LogP contribution in [0.1, 0.15) is 228 Å². The number of carbonyl (C=O) groups excluding carboxylic acids is 11. The molecule has 4 aromatic rings. The fourth-order valence-electron chi connectivity index (χ4n) is 14.9. The molecule has 116 heavy (non-hydrogen) atoms. The van der Waals surface area contributed by atoms with Gasteiger partial charge in [-0.05, 0) is 132 Å². The van der Waals surface area contributed by atoms with E-state index in [1.54, 1.807) is 0 Å². The molecule has 5 rings (SSSR count). The molecule has 642 valence electrons. The van der Waals surface area contributed by atoms with Gasteiger partial charge in [-0.15, -0.1) is 0 Å². The monoisotopic (exact) mass is 1610 g/mol. The number of benzene rings is 4. The van der Waals surface area contributed by atoms with E-state index in [2.05, 4.69) is 33.5 Å². The van der Waals surface area contributed by atoms with E-state index in [0.717, 1.165) is 47.9 Å². The van der Waals surface area contributed by atoms with Gasteiger partial charge in [-0.2, -0.15) is 0 Å². The molecule has 26 heteroatoms. The molecule has 1 heterocycles. The second-order valence-corrected chi connectivity index (χ2v) is 31.4. The minimum absolute atomic E-state index is 0.00763. The number of nitrogens with two attached hydrogens (primary N) is 5. The van der Waals surface area contributed by atoms with Crippen molar-refractivity contribution in [3.05, 3.63) is 144 Å². The zero-order valence-electron chi connectivity index (χ0n) is 69.7. The lowest BCUT2D eigenvalue weighted by Gasteiger charge is -2.33. The predicted octanol–water partition coefficient (Wildman–Crippen LogP) is 7.97. The van der Waals surface area contributed by atoms with Crippen molar-refractivity contribution in [2.24, 2.45) is 28.7 Å². The number of aryl methyl sites for hydroxylation is 3. The van der Waals surface area contributed by atoms with Crippen molar-refractivity contribution < 1.29 is 52.7 Å². The van der Waals surface area contributed by atoms with Gasteiger partial charge in [0.15, 0.2) is 0 Å². The van der Waals surface area contributed by atoms with E-state index in [4.69, 9.17) is 28.7 Å². The summed E-state index contributed by atoms with van der Waals surface area (Å²) in [7, 11) is 0. The van der Waals surface area contributed by atoms with Gasteiger partial charge in [0.05, 0.1) is 38.8 Å². The first-order valence-electron chi connectivity index (χ1n) is 43.4. The van der Waals surface area contributed by atoms with Crippen molar-refractivity contribution in [3.8, 4) is 0 Å². The maximum atomic E-state index is 15.3. The molecular formula is C90H141N15O11. The zero-order valence-corrected chi connectivity index (χ0v) is 69.7. The lowest BCUT2D eigenvalue weighted by molar-refractivity contribution is -0.139. The molecule has 0 aliphatic carbocycles. The van der Waals surface area contributed by atoms with E-state index in [1.165, 1.54) is 75.9 Å². The Bertz CT molecular complexity index is 3470. The second kappa shape index (κ2) is 59.5. The third kappa shape index (κ3) is 43.2. The fourth-order valence-corrected chi connectivity index (χ4v) is 14.9. The number of carbonyl (C=O) groups is 11. The predicted molar refractivity (Wildman–Crippen MR) is 457 cm³/mol. The van der Waals surface area contributed by atoms with Gasteiger partial charge in [-0.25, -0.2) is 0 Å². The fraction of sp³-hybridized carbons (Fsp3) is 0.611. The number of nitrogens with one attached hydrogen (secondary N) is 5. The van der Waals surface area contributed by atoms with Crippen LogP contribution in [0.4, 0.5) is 0 Å². The van der Waals surface area contributed by atoms with Crippen molar-refractivity contribution in [2.75, 3.05) is 91.6 Å². The van der Waals surface area contributed by atoms with Crippen LogP contribution in [0.2, 0.25) is 0 Å². The summed E-state index contributed by atoms with van der Waals surface area (Å²) >= 11 is 0. The molecule has 1 saturated heterocycles. The molecule has 0 saturated carbocycles. The third-order valence-corrected chi connectivity index (χ3v) is 21.3. The minimum Gasteiger partial charge on any atom is -0.368 e. The van der Waals surface area contributed by atoms with Crippen LogP contribution >= 0.6 is 0 Å². The number of hydrogen-bond donors (Lipinski definition) is 10. The van der Waals surface area contributed by atoms with Crippen LogP contribution < -0.4 is 55.3 Å². The maximum absolute atomic E-state index is 15.3. The SMILES string of the molecule is CCCCCCCCCCCCCCCC(=O)N(CC(N)=O)C[C@H](CCCCN)NC(=O)CN1C[C@H](Cc2ccccc2)NC(=O)CN(C(=O)CCc2ccccc2)C[C@H](CCCCN)NC(=O)CN(C(=O)CCc2ccccc2)C[C@H](CCCCN)NC(=O)CN(C(=O)CCc2ccccc2)C[C@H](CCCCN)NC(=O)CCC1=O. The van der Waals surface area contributed by atoms with Crippen LogP contribution in [0.25, 0.3) is 0 Å². The maximum Gasteiger partial charge on any atom is 0.239 e. The number of primary amides is 1. The first-order valence-corrected chi connectivity index (χ1v) is 43.4. The van der Waals surface area contributed by atoms with Crippen LogP contribution in [0, 0.1) is 0 Å². The van der Waals surface area contributed by atoms with E-state index in [1.807, 2.05) is 121 Å². The van der Waals surface area contributed by atoms with Gasteiger partial charge in [0, 0.05) is 95.4 Å². The Morgan fingerprint density at radius 3 is 1.17 bits per heavy atom. The summed E-state index contributed by atoms with van der Waals surface area (Å²) in [6.45, 7) is 0.540. The molecule has 1 aliphatic rings. The molecule has 0 radical (unpaired) electrons. The zero-order chi connectivity index (χ0) is 83.8. The van der Waals surface area contributed by atoms with Gasteiger partial charge in [-0.3, -0.25) is 52.7 Å². The Labute approximate surface area is 691 Å². The lowest BCUT2D eigenvalue weighted by atomic mass is 10.0. The number of rotatable bonds is 48. The molecule has 11 amide bonds. The molecule has 5 atom stereocenters. The van der Waals surface area contributed by atoms with Crippen LogP contribution in [0.5, 0.6) is 0 Å². The minimum atomic E-state index is -0.941. The molecule has 15 N–H and O–H groups in total. The number of nitrogens with zero attached hydrogens (tertiary/aromatic N) is 5. The van der Waals surface area contributed by atoms with E-state index >= 15 is 9.59 Å². The highest BCUT2D eigenvalue weighted by atomic mass is 16.2. The Hall–Kier alpha value is -9.11. The smallest absolute Gasteiger partial charge is 0.239 e. The summed E-state index contributed by atoms with van der Waals surface area (Å²) in [5.74, 6) is -5.69. The van der Waals surface area contributed by atoms with Crippen molar-refractivity contribution >= 4 is 65.0 Å². The van der Waals surface area contributed by atoms with E-state index in [9.17, 15) is 43.2 Å². The molecule has 26 nitrogen and oxygen atoms in total. The summed E-state index contributed by atoms with van der Waals surface area (Å²) in [6.07, 6.45) is 21.0. The van der Waals surface area contributed by atoms with Gasteiger partial charge >= 0.3 is 0 Å². The summed E-state index contributed by atoms with van der Waals surface area (Å²) < 4.78 is 0. The standard InChI is InChI=1S/C90H141N15O11/c1-2-3-4-5-6-7-8-9-10-11-12-13-26-47-86(112)101(66-80(95)106)61-76(44-28-32-57-92)97-84(110)69-105-65-79(60-74-41-24-17-25-42-74)100-85(111)70-104(89(115)54-50-73-39-22-16-23-40-73)64-78(46-30-34-59-94)99-83(109)68-103(88(114)53-49-72-37-20-15-21-38-72)63-77(45-29-33-58-93)98-82(108)67-102(87(113)52-48-71-35-18-14-19-36-71)62-75(43-27-31-56-91)96-81(107)51-55-90(105)116/h14-25,35-42,75-79H,2-13,26-34,43-70,91-94H2,1H3,(H2,95,106)(H,96,107)(H,97,110)(H,98,108)(H,99,109)(H,100,111)/t75-,76-,77-,78-,79-/m0/s1. The summed E-state index contributed by atoms with van der Waals surface area (Å²) in [4.78, 5) is 168. The van der Waals surface area contributed by atoms with Crippen molar-refractivity contribution in [1.82, 2.24) is 51.1 Å². The number of amides is 11. The normalized spacial score (nSPS) is 17.0. The molecular weight excluding hydrogens is 1470 g/mol. The number of hydrogen-bond acceptors (Lipinski definition) is 15. The van der Waals surface area contributed by atoms with Crippen LogP contribution in [0.15, 0.2) is 121 Å². The summed E-state index contributed by atoms with van der Waals surface area (Å²) in [5.41, 5.74) is 33.4. The van der Waals surface area contributed by atoms with E-state index in [0.29, 0.717) is 129 Å². The molecule has 4 aromatic carbocycles. The first kappa shape index (κ1) is 97.5. The van der Waals surface area contributed by atoms with Crippen LogP contribution in [-0.2, 0) is 78.4 Å². The highest BCUT2D eigenvalue weighted by Crippen LogP contribution is 2.19. The van der Waals surface area contributed by atoms with E-state index in [-0.39, 0.29) is 95.5 Å². The van der Waals surface area contributed by atoms with Gasteiger partial charge < -0.3 is 79.8 Å². The van der Waals surface area contributed by atoms with Crippen LogP contribution in [0.3, 0.4) is 0 Å². The summed E-state index contributed by atoms with van der Waals surface area (Å²) in [6, 6.07) is 33.6. The molecule has 1 aliphatic heterocycles. The quantitative estimate of drug-likeness (QED) is 0.0187. The number of unbranched alkanes of at least 4 members (excludes halogenated alkanes) is 16. The van der Waals surface area contributed by atoms with Crippen molar-refractivity contribution in [3.63, 3.8) is 0 Å². The second-order valence-electron chi connectivity index (χ2n) is 31.4. The first-order chi connectivity index (χ1) is 56.3. The average molecular weight is 1610 g/mol. The molecule has 0 aromatic heterocycles. The van der Waals surface area contributed by atoms with Crippen molar-refractivity contribution in [1.29, 1.82) is 0 Å². The Balaban J connectivity index is 1.59. The summed E-state index contributed by atoms with van der Waals surface area (Å²) in [5, 5.41) is 15.6. The molecule has 0 unspecified atom stereocenters. The molecule has 0 spiro atoms. The third-order valence-electron chi connectivity index (χ3n) is 21.3. The lowest BCUT2D eigenvalue weighted by Crippen LogP contribution is -2.55. The Morgan fingerprint density at radius 2 is 0.784 bits per heavy atom. The van der Waals surface area contributed by atoms with Gasteiger partial charge in [0.25, 0.3) is 0 Å². The van der Waals surface area contributed by atoms with Gasteiger partial charge in [0.2, 0.25) is 65.0 Å². The average Bonchev–Trinajstić information content (AvgIpc) is 0.864. The molecule has 0 bridgehead atoms. The van der Waals surface area contributed by atoms with Crippen LogP contribution in [-0.4, -0.2) is 211 Å². The van der Waals surface area contributed by atoms with Crippen molar-refractivity contribution in [2.45, 2.75) is 262 Å². The highest BCUT2D eigenvalue weighted by Gasteiger charge is 2.32. The van der Waals surface area contributed by atoms with E-state index < -0.39 is 110 Å². The topological polar surface area (TPSA) is 394 Å². The Kier molecular flexibility index (Phi) is 50.0. The largest absolute Gasteiger partial charge is 0.368 e.